The van der Waals surface area contributed by atoms with Crippen molar-refractivity contribution >= 4 is 23.3 Å². The van der Waals surface area contributed by atoms with E-state index in [1.807, 2.05) is 19.1 Å². The number of terminal acetylenes is 1. The van der Waals surface area contributed by atoms with Gasteiger partial charge in [0.2, 0.25) is 5.91 Å². The lowest BCUT2D eigenvalue weighted by Gasteiger charge is -2.42. The number of nitrogens with zero attached hydrogens (tertiary/aromatic N) is 1. The minimum Gasteiger partial charge on any atom is -0.360 e. The molecule has 122 valence electrons. The molecule has 0 radical (unpaired) electrons. The molecule has 0 aliphatic carbocycles. The first-order chi connectivity index (χ1) is 11.0. The first kappa shape index (κ1) is 17.5. The summed E-state index contributed by atoms with van der Waals surface area (Å²) in [6.07, 6.45) is 6.60. The number of morpholine rings is 1. The highest BCUT2D eigenvalue weighted by Crippen LogP contribution is 2.31. The lowest BCUT2D eigenvalue weighted by Crippen LogP contribution is -2.56. The molecule has 1 heterocycles. The molecule has 23 heavy (non-hydrogen) atoms. The number of halogens is 1. The lowest BCUT2D eigenvalue weighted by atomic mass is 9.95. The van der Waals surface area contributed by atoms with Gasteiger partial charge >= 0.3 is 0 Å². The van der Waals surface area contributed by atoms with Crippen molar-refractivity contribution in [2.24, 2.45) is 0 Å². The van der Waals surface area contributed by atoms with Gasteiger partial charge in [-0.05, 0) is 31.0 Å². The molecule has 0 saturated carbocycles. The highest BCUT2D eigenvalue weighted by Gasteiger charge is 2.41. The van der Waals surface area contributed by atoms with Crippen molar-refractivity contribution in [1.82, 2.24) is 4.90 Å². The number of Topliss-reactive ketones (excluding diaryl/α,β-unsaturated/α-hetero) is 1. The van der Waals surface area contributed by atoms with Crippen molar-refractivity contribution in [2.45, 2.75) is 44.9 Å². The van der Waals surface area contributed by atoms with Crippen LogP contribution in [0.5, 0.6) is 0 Å². The molecule has 0 N–H and O–H groups in total. The molecule has 0 bridgehead atoms. The van der Waals surface area contributed by atoms with Gasteiger partial charge in [-0.25, -0.2) is 0 Å². The minimum absolute atomic E-state index is 0.0581. The molecule has 1 saturated heterocycles. The van der Waals surface area contributed by atoms with Gasteiger partial charge in [0, 0.05) is 5.02 Å². The molecule has 0 aromatic heterocycles. The molecule has 4 nitrogen and oxygen atoms in total. The molecule has 1 aliphatic rings. The zero-order valence-electron chi connectivity index (χ0n) is 13.3. The van der Waals surface area contributed by atoms with Crippen LogP contribution in [0, 0.1) is 12.3 Å². The number of hydrogen-bond donors (Lipinski definition) is 0. The molecule has 1 aromatic rings. The van der Waals surface area contributed by atoms with Crippen LogP contribution in [0.1, 0.15) is 38.4 Å². The Hall–Kier alpha value is -1.83. The van der Waals surface area contributed by atoms with Crippen molar-refractivity contribution in [1.29, 1.82) is 0 Å². The van der Waals surface area contributed by atoms with E-state index < -0.39 is 18.2 Å². The third-order valence-electron chi connectivity index (χ3n) is 4.00. The Kier molecular flexibility index (Phi) is 5.81. The third-order valence-corrected chi connectivity index (χ3v) is 4.25. The third kappa shape index (κ3) is 3.74. The molecular formula is C18H20ClNO3. The van der Waals surface area contributed by atoms with Crippen LogP contribution in [-0.4, -0.2) is 35.3 Å². The van der Waals surface area contributed by atoms with Crippen LogP contribution in [0.4, 0.5) is 0 Å². The van der Waals surface area contributed by atoms with Gasteiger partial charge in [-0.1, -0.05) is 43.0 Å². The maximum absolute atomic E-state index is 12.3. The molecule has 1 fully saturated rings. The predicted octanol–water partition coefficient (Wildman–Crippen LogP) is 3.00. The molecule has 0 unspecified atom stereocenters. The van der Waals surface area contributed by atoms with Gasteiger partial charge in [-0.2, -0.15) is 0 Å². The number of benzene rings is 1. The van der Waals surface area contributed by atoms with Gasteiger partial charge in [0.1, 0.15) is 18.8 Å². The maximum atomic E-state index is 12.3. The summed E-state index contributed by atoms with van der Waals surface area (Å²) in [7, 11) is 0. The molecule has 0 spiro atoms. The van der Waals surface area contributed by atoms with Crippen LogP contribution in [0.25, 0.3) is 0 Å². The summed E-state index contributed by atoms with van der Waals surface area (Å²) in [5.41, 5.74) is 0.841. The van der Waals surface area contributed by atoms with Gasteiger partial charge in [0.05, 0.1) is 6.04 Å². The van der Waals surface area contributed by atoms with Gasteiger partial charge in [-0.15, -0.1) is 6.42 Å². The first-order valence-corrected chi connectivity index (χ1v) is 8.02. The summed E-state index contributed by atoms with van der Waals surface area (Å²) in [5, 5.41) is 0.613. The molecule has 1 amide bonds. The van der Waals surface area contributed by atoms with E-state index >= 15 is 0 Å². The van der Waals surface area contributed by atoms with Gasteiger partial charge < -0.3 is 9.64 Å². The SMILES string of the molecule is C#C[C@@H]1[C@H](c2ccc(Cl)cc2)OCC(=O)N1[C@H](CCC)C(C)=O. The quantitative estimate of drug-likeness (QED) is 0.778. The second kappa shape index (κ2) is 7.63. The monoisotopic (exact) mass is 333 g/mol. The van der Waals surface area contributed by atoms with Gasteiger partial charge in [0.15, 0.2) is 5.78 Å². The zero-order chi connectivity index (χ0) is 17.0. The lowest BCUT2D eigenvalue weighted by molar-refractivity contribution is -0.161. The zero-order valence-corrected chi connectivity index (χ0v) is 14.0. The Balaban J connectivity index is 2.37. The fourth-order valence-corrected chi connectivity index (χ4v) is 3.03. The molecule has 1 aliphatic heterocycles. The normalized spacial score (nSPS) is 22.5. The van der Waals surface area contributed by atoms with Crippen LogP contribution in [0.3, 0.4) is 0 Å². The smallest absolute Gasteiger partial charge is 0.250 e. The molecular weight excluding hydrogens is 314 g/mol. The number of amides is 1. The van der Waals surface area contributed by atoms with E-state index in [-0.39, 0.29) is 18.3 Å². The Labute approximate surface area is 141 Å². The number of carbonyl (C=O) groups is 2. The van der Waals surface area contributed by atoms with Crippen LogP contribution in [0.15, 0.2) is 24.3 Å². The molecule has 2 rings (SSSR count). The van der Waals surface area contributed by atoms with E-state index in [0.717, 1.165) is 12.0 Å². The average Bonchev–Trinajstić information content (AvgIpc) is 2.53. The van der Waals surface area contributed by atoms with Gasteiger partial charge in [-0.3, -0.25) is 9.59 Å². The van der Waals surface area contributed by atoms with E-state index in [2.05, 4.69) is 5.92 Å². The minimum atomic E-state index is -0.613. The topological polar surface area (TPSA) is 46.6 Å². The number of rotatable bonds is 5. The van der Waals surface area contributed by atoms with Crippen LogP contribution in [-0.2, 0) is 14.3 Å². The first-order valence-electron chi connectivity index (χ1n) is 7.64. The fourth-order valence-electron chi connectivity index (χ4n) is 2.91. The van der Waals surface area contributed by atoms with Crippen LogP contribution < -0.4 is 0 Å². The van der Waals surface area contributed by atoms with E-state index in [0.29, 0.717) is 11.4 Å². The van der Waals surface area contributed by atoms with Crippen LogP contribution >= 0.6 is 11.6 Å². The van der Waals surface area contributed by atoms with Crippen molar-refractivity contribution < 1.29 is 14.3 Å². The van der Waals surface area contributed by atoms with Gasteiger partial charge in [0.25, 0.3) is 0 Å². The molecule has 5 heteroatoms. The van der Waals surface area contributed by atoms with Crippen molar-refractivity contribution in [2.75, 3.05) is 6.61 Å². The summed E-state index contributed by atoms with van der Waals surface area (Å²) in [4.78, 5) is 25.9. The van der Waals surface area contributed by atoms with E-state index in [1.165, 1.54) is 11.8 Å². The summed E-state index contributed by atoms with van der Waals surface area (Å²) in [6.45, 7) is 3.38. The van der Waals surface area contributed by atoms with E-state index in [1.54, 1.807) is 12.1 Å². The Bertz CT molecular complexity index is 620. The standard InChI is InChI=1S/C18H20ClNO3/c1-4-6-16(12(3)21)20-15(5-2)18(23-11-17(20)22)13-7-9-14(19)10-8-13/h2,7-10,15-16,18H,4,6,11H2,1,3H3/t15-,16-,18+/m1/s1. The number of carbonyl (C=O) groups excluding carboxylic acids is 2. The van der Waals surface area contributed by atoms with E-state index in [4.69, 9.17) is 22.8 Å². The Morgan fingerprint density at radius 3 is 2.65 bits per heavy atom. The number of ketones is 1. The Morgan fingerprint density at radius 2 is 2.13 bits per heavy atom. The summed E-state index contributed by atoms with van der Waals surface area (Å²) < 4.78 is 5.67. The fraction of sp³-hybridized carbons (Fsp3) is 0.444. The van der Waals surface area contributed by atoms with Crippen molar-refractivity contribution in [3.63, 3.8) is 0 Å². The molecule has 1 aromatic carbocycles. The second-order valence-corrected chi connectivity index (χ2v) is 6.05. The Morgan fingerprint density at radius 1 is 1.48 bits per heavy atom. The van der Waals surface area contributed by atoms with Crippen molar-refractivity contribution in [3.05, 3.63) is 34.9 Å². The summed E-state index contributed by atoms with van der Waals surface area (Å²) in [5.74, 6) is 2.33. The second-order valence-electron chi connectivity index (χ2n) is 5.61. The highest BCUT2D eigenvalue weighted by atomic mass is 35.5. The molecule has 3 atom stereocenters. The average molecular weight is 334 g/mol. The predicted molar refractivity (Wildman–Crippen MR) is 89.0 cm³/mol. The van der Waals surface area contributed by atoms with E-state index in [9.17, 15) is 9.59 Å². The number of ether oxygens (including phenoxy) is 1. The summed E-state index contributed by atoms with van der Waals surface area (Å²) >= 11 is 5.92. The number of hydrogen-bond acceptors (Lipinski definition) is 3. The van der Waals surface area contributed by atoms with Crippen LogP contribution in [0.2, 0.25) is 5.02 Å². The largest absolute Gasteiger partial charge is 0.360 e. The van der Waals surface area contributed by atoms with Crippen molar-refractivity contribution in [3.8, 4) is 12.3 Å². The highest BCUT2D eigenvalue weighted by molar-refractivity contribution is 6.30. The summed E-state index contributed by atoms with van der Waals surface area (Å²) in [6, 6.07) is 6.04. The maximum Gasteiger partial charge on any atom is 0.250 e.